The lowest BCUT2D eigenvalue weighted by atomic mass is 10.1. The molecule has 0 heterocycles. The average Bonchev–Trinajstić information content (AvgIpc) is 2.59. The van der Waals surface area contributed by atoms with E-state index < -0.39 is 5.97 Å². The second-order valence-electron chi connectivity index (χ2n) is 5.16. The van der Waals surface area contributed by atoms with Crippen molar-refractivity contribution in [2.24, 2.45) is 0 Å². The first-order chi connectivity index (χ1) is 11.6. The highest BCUT2D eigenvalue weighted by atomic mass is 35.5. The van der Waals surface area contributed by atoms with Gasteiger partial charge in [0.25, 0.3) is 5.91 Å². The molecule has 1 amide bonds. The molecule has 0 aromatic heterocycles. The van der Waals surface area contributed by atoms with Crippen LogP contribution < -0.4 is 5.32 Å². The van der Waals surface area contributed by atoms with Crippen molar-refractivity contribution < 1.29 is 14.3 Å². The summed E-state index contributed by atoms with van der Waals surface area (Å²) in [5.74, 6) is -0.955. The summed E-state index contributed by atoms with van der Waals surface area (Å²) in [6.07, 6.45) is 2.92. The van der Waals surface area contributed by atoms with Crippen LogP contribution in [-0.2, 0) is 14.3 Å². The fourth-order valence-corrected chi connectivity index (χ4v) is 2.40. The number of hydrogen-bond donors (Lipinski definition) is 1. The van der Waals surface area contributed by atoms with Crippen LogP contribution in [0.5, 0.6) is 0 Å². The summed E-state index contributed by atoms with van der Waals surface area (Å²) in [6.45, 7) is 1.48. The van der Waals surface area contributed by atoms with Gasteiger partial charge in [0.05, 0.1) is 6.04 Å². The van der Waals surface area contributed by atoms with Crippen LogP contribution >= 0.6 is 11.6 Å². The van der Waals surface area contributed by atoms with E-state index in [0.29, 0.717) is 5.02 Å². The van der Waals surface area contributed by atoms with Crippen molar-refractivity contribution in [3.05, 3.63) is 76.8 Å². The van der Waals surface area contributed by atoms with Gasteiger partial charge in [-0.25, -0.2) is 4.79 Å². The molecule has 0 spiro atoms. The lowest BCUT2D eigenvalue weighted by Crippen LogP contribution is -2.31. The molecular weight excluding hydrogens is 326 g/mol. The summed E-state index contributed by atoms with van der Waals surface area (Å²) in [4.78, 5) is 23.5. The molecular formula is C19H18ClNO3. The van der Waals surface area contributed by atoms with Crippen LogP contribution in [0.1, 0.15) is 24.1 Å². The fraction of sp³-hybridized carbons (Fsp3) is 0.158. The van der Waals surface area contributed by atoms with Crippen LogP contribution in [-0.4, -0.2) is 18.5 Å². The number of esters is 1. The minimum Gasteiger partial charge on any atom is -0.452 e. The summed E-state index contributed by atoms with van der Waals surface area (Å²) >= 11 is 6.08. The molecule has 4 nitrogen and oxygen atoms in total. The van der Waals surface area contributed by atoms with Crippen molar-refractivity contribution >= 4 is 29.6 Å². The molecule has 124 valence electrons. The minimum atomic E-state index is -0.570. The van der Waals surface area contributed by atoms with Crippen LogP contribution in [0.15, 0.2) is 60.7 Å². The van der Waals surface area contributed by atoms with Gasteiger partial charge in [0.2, 0.25) is 0 Å². The van der Waals surface area contributed by atoms with Gasteiger partial charge in [0.15, 0.2) is 6.61 Å². The van der Waals surface area contributed by atoms with Gasteiger partial charge >= 0.3 is 5.97 Å². The molecule has 0 saturated heterocycles. The molecule has 2 aromatic carbocycles. The zero-order chi connectivity index (χ0) is 17.4. The van der Waals surface area contributed by atoms with Gasteiger partial charge < -0.3 is 10.1 Å². The third-order valence-electron chi connectivity index (χ3n) is 3.31. The molecule has 5 heteroatoms. The molecule has 1 atom stereocenters. The van der Waals surface area contributed by atoms with E-state index in [0.717, 1.165) is 11.1 Å². The van der Waals surface area contributed by atoms with Gasteiger partial charge in [0.1, 0.15) is 0 Å². The Morgan fingerprint density at radius 2 is 1.79 bits per heavy atom. The molecule has 0 fully saturated rings. The molecule has 24 heavy (non-hydrogen) atoms. The average molecular weight is 344 g/mol. The first-order valence-corrected chi connectivity index (χ1v) is 7.87. The SMILES string of the molecule is C[C@H](NC(=O)COC(=O)/C=C/c1ccccc1)c1ccccc1Cl. The van der Waals surface area contributed by atoms with Gasteiger partial charge in [-0.05, 0) is 30.2 Å². The predicted octanol–water partition coefficient (Wildman–Crippen LogP) is 3.77. The van der Waals surface area contributed by atoms with Crippen LogP contribution in [0.3, 0.4) is 0 Å². The number of nitrogens with one attached hydrogen (secondary N) is 1. The number of rotatable bonds is 6. The summed E-state index contributed by atoms with van der Waals surface area (Å²) in [5.41, 5.74) is 1.69. The Kier molecular flexibility index (Phi) is 6.58. The lowest BCUT2D eigenvalue weighted by molar-refractivity contribution is -0.144. The number of halogens is 1. The van der Waals surface area contributed by atoms with Crippen molar-refractivity contribution in [3.8, 4) is 0 Å². The maximum Gasteiger partial charge on any atom is 0.331 e. The molecule has 2 rings (SSSR count). The van der Waals surface area contributed by atoms with Gasteiger partial charge in [-0.3, -0.25) is 4.79 Å². The van der Waals surface area contributed by atoms with E-state index in [1.54, 1.807) is 12.1 Å². The summed E-state index contributed by atoms with van der Waals surface area (Å²) in [5, 5.41) is 3.32. The topological polar surface area (TPSA) is 55.4 Å². The van der Waals surface area contributed by atoms with E-state index in [4.69, 9.17) is 16.3 Å². The molecule has 0 unspecified atom stereocenters. The molecule has 0 saturated carbocycles. The Labute approximate surface area is 146 Å². The van der Waals surface area contributed by atoms with Crippen molar-refractivity contribution in [1.29, 1.82) is 0 Å². The Morgan fingerprint density at radius 3 is 2.50 bits per heavy atom. The highest BCUT2D eigenvalue weighted by Crippen LogP contribution is 2.21. The first-order valence-electron chi connectivity index (χ1n) is 7.50. The fourth-order valence-electron chi connectivity index (χ4n) is 2.10. The number of hydrogen-bond acceptors (Lipinski definition) is 3. The van der Waals surface area contributed by atoms with E-state index in [1.165, 1.54) is 6.08 Å². The normalized spacial score (nSPS) is 11.9. The quantitative estimate of drug-likeness (QED) is 0.641. The van der Waals surface area contributed by atoms with Crippen molar-refractivity contribution in [1.82, 2.24) is 5.32 Å². The molecule has 0 aliphatic carbocycles. The molecule has 0 radical (unpaired) electrons. The van der Waals surface area contributed by atoms with E-state index in [2.05, 4.69) is 5.32 Å². The van der Waals surface area contributed by atoms with E-state index in [9.17, 15) is 9.59 Å². The van der Waals surface area contributed by atoms with Gasteiger partial charge in [-0.15, -0.1) is 0 Å². The number of carbonyl (C=O) groups is 2. The van der Waals surface area contributed by atoms with Crippen molar-refractivity contribution in [3.63, 3.8) is 0 Å². The van der Waals surface area contributed by atoms with Gasteiger partial charge in [-0.1, -0.05) is 60.1 Å². The Bertz CT molecular complexity index is 728. The van der Waals surface area contributed by atoms with Crippen LogP contribution in [0, 0.1) is 0 Å². The van der Waals surface area contributed by atoms with E-state index in [-0.39, 0.29) is 18.6 Å². The number of amides is 1. The molecule has 1 N–H and O–H groups in total. The third-order valence-corrected chi connectivity index (χ3v) is 3.65. The number of carbonyl (C=O) groups excluding carboxylic acids is 2. The van der Waals surface area contributed by atoms with E-state index in [1.807, 2.05) is 55.5 Å². The van der Waals surface area contributed by atoms with Crippen molar-refractivity contribution in [2.45, 2.75) is 13.0 Å². The highest BCUT2D eigenvalue weighted by Gasteiger charge is 2.13. The van der Waals surface area contributed by atoms with Crippen LogP contribution in [0.4, 0.5) is 0 Å². The smallest absolute Gasteiger partial charge is 0.331 e. The Balaban J connectivity index is 1.79. The largest absolute Gasteiger partial charge is 0.452 e. The zero-order valence-electron chi connectivity index (χ0n) is 13.2. The lowest BCUT2D eigenvalue weighted by Gasteiger charge is -2.15. The summed E-state index contributed by atoms with van der Waals surface area (Å²) in [7, 11) is 0. The predicted molar refractivity (Wildman–Crippen MR) is 94.4 cm³/mol. The minimum absolute atomic E-state index is 0.273. The van der Waals surface area contributed by atoms with Gasteiger partial charge in [-0.2, -0.15) is 0 Å². The molecule has 0 aliphatic rings. The standard InChI is InChI=1S/C19H18ClNO3/c1-14(16-9-5-6-10-17(16)20)21-18(22)13-24-19(23)12-11-15-7-3-2-4-8-15/h2-12,14H,13H2,1H3,(H,21,22)/b12-11+/t14-/m0/s1. The summed E-state index contributed by atoms with van der Waals surface area (Å²) in [6, 6.07) is 16.3. The number of ether oxygens (including phenoxy) is 1. The van der Waals surface area contributed by atoms with Gasteiger partial charge in [0, 0.05) is 11.1 Å². The Morgan fingerprint density at radius 1 is 1.12 bits per heavy atom. The maximum absolute atomic E-state index is 11.9. The molecule has 0 aliphatic heterocycles. The Hall–Kier alpha value is -2.59. The molecule has 2 aromatic rings. The van der Waals surface area contributed by atoms with Crippen LogP contribution in [0.2, 0.25) is 5.02 Å². The highest BCUT2D eigenvalue weighted by molar-refractivity contribution is 6.31. The van der Waals surface area contributed by atoms with E-state index >= 15 is 0 Å². The molecule has 0 bridgehead atoms. The number of benzene rings is 2. The third kappa shape index (κ3) is 5.56. The first kappa shape index (κ1) is 17.8. The monoisotopic (exact) mass is 343 g/mol. The second-order valence-corrected chi connectivity index (χ2v) is 5.57. The zero-order valence-corrected chi connectivity index (χ0v) is 14.0. The second kappa shape index (κ2) is 8.89. The maximum atomic E-state index is 11.9. The van der Waals surface area contributed by atoms with Crippen molar-refractivity contribution in [2.75, 3.05) is 6.61 Å². The van der Waals surface area contributed by atoms with Crippen LogP contribution in [0.25, 0.3) is 6.08 Å². The summed E-state index contributed by atoms with van der Waals surface area (Å²) < 4.78 is 4.92.